The number of aromatic nitrogens is 1. The average Bonchev–Trinajstić information content (AvgIpc) is 2.36. The fourth-order valence-electron chi connectivity index (χ4n) is 3.31. The summed E-state index contributed by atoms with van der Waals surface area (Å²) in [5.41, 5.74) is 4.18. The Hall–Kier alpha value is -1.05. The zero-order valence-electron chi connectivity index (χ0n) is 13.8. The Morgan fingerprint density at radius 3 is 2.00 bits per heavy atom. The first-order valence-corrected chi connectivity index (χ1v) is 7.22. The van der Waals surface area contributed by atoms with E-state index in [1.54, 1.807) is 0 Å². The lowest BCUT2D eigenvalue weighted by atomic mass is 9.62. The molecule has 2 heterocycles. The molecule has 1 fully saturated rings. The smallest absolute Gasteiger partial charge is 0.0609 e. The predicted molar refractivity (Wildman–Crippen MR) is 82.7 cm³/mol. The number of pyridine rings is 1. The van der Waals surface area contributed by atoms with Gasteiger partial charge in [0.2, 0.25) is 0 Å². The van der Waals surface area contributed by atoms with Crippen LogP contribution in [0.3, 0.4) is 0 Å². The average molecular weight is 260 g/mol. The molecule has 1 aromatic heterocycles. The highest BCUT2D eigenvalue weighted by Gasteiger charge is 2.58. The summed E-state index contributed by atoms with van der Waals surface area (Å²) in [4.78, 5) is 7.19. The Labute approximate surface area is 118 Å². The molecule has 19 heavy (non-hydrogen) atoms. The summed E-state index contributed by atoms with van der Waals surface area (Å²) in [5, 5.41) is 0. The quantitative estimate of drug-likeness (QED) is 0.746. The zero-order valence-corrected chi connectivity index (χ0v) is 13.8. The molecule has 1 aliphatic heterocycles. The summed E-state index contributed by atoms with van der Waals surface area (Å²) in [7, 11) is 0. The lowest BCUT2D eigenvalue weighted by Gasteiger charge is -2.45. The molecule has 1 aromatic rings. The van der Waals surface area contributed by atoms with Crippen LogP contribution >= 0.6 is 0 Å². The number of aryl methyl sites for hydroxylation is 2. The van der Waals surface area contributed by atoms with E-state index in [2.05, 4.69) is 77.4 Å². The largest absolute Gasteiger partial charge is 0.364 e. The summed E-state index contributed by atoms with van der Waals surface area (Å²) in [6, 6.07) is 4.35. The van der Waals surface area contributed by atoms with Crippen LogP contribution in [0.2, 0.25) is 0 Å². The highest BCUT2D eigenvalue weighted by atomic mass is 15.3. The first-order valence-electron chi connectivity index (χ1n) is 7.22. The Morgan fingerprint density at radius 2 is 1.58 bits per heavy atom. The van der Waals surface area contributed by atoms with Gasteiger partial charge in [-0.25, -0.2) is 0 Å². The molecular weight excluding hydrogens is 232 g/mol. The lowest BCUT2D eigenvalue weighted by molar-refractivity contribution is 0.108. The zero-order chi connectivity index (χ0) is 14.6. The second-order valence-electron chi connectivity index (χ2n) is 7.71. The number of nitrogens with zero attached hydrogens (tertiary/aromatic N) is 2. The van der Waals surface area contributed by atoms with Crippen LogP contribution in [0.5, 0.6) is 0 Å². The molecule has 106 valence electrons. The van der Waals surface area contributed by atoms with Gasteiger partial charge in [0.15, 0.2) is 0 Å². The van der Waals surface area contributed by atoms with Crippen LogP contribution in [0.1, 0.15) is 52.9 Å². The Balaban J connectivity index is 2.53. The maximum atomic E-state index is 4.64. The van der Waals surface area contributed by atoms with Crippen molar-refractivity contribution in [3.05, 3.63) is 23.5 Å². The van der Waals surface area contributed by atoms with Gasteiger partial charge in [-0.3, -0.25) is 4.98 Å². The molecule has 0 radical (unpaired) electrons. The van der Waals surface area contributed by atoms with Gasteiger partial charge in [0, 0.05) is 17.8 Å². The van der Waals surface area contributed by atoms with Gasteiger partial charge in [0.1, 0.15) is 0 Å². The molecule has 0 atom stereocenters. The minimum absolute atomic E-state index is 0.123. The van der Waals surface area contributed by atoms with E-state index in [1.807, 2.05) is 0 Å². The third kappa shape index (κ3) is 1.87. The molecule has 2 nitrogen and oxygen atoms in total. The minimum Gasteiger partial charge on any atom is -0.364 e. The van der Waals surface area contributed by atoms with Crippen molar-refractivity contribution in [3.63, 3.8) is 0 Å². The van der Waals surface area contributed by atoms with E-state index in [9.17, 15) is 0 Å². The summed E-state index contributed by atoms with van der Waals surface area (Å²) in [6.07, 6.45) is 0. The number of hydrogen-bond donors (Lipinski definition) is 0. The van der Waals surface area contributed by atoms with Crippen molar-refractivity contribution in [2.24, 2.45) is 10.8 Å². The summed E-state index contributed by atoms with van der Waals surface area (Å²) < 4.78 is 0. The normalized spacial score (nSPS) is 23.7. The molecule has 1 saturated heterocycles. The second kappa shape index (κ2) is 3.97. The van der Waals surface area contributed by atoms with Crippen LogP contribution in [0.15, 0.2) is 12.1 Å². The first kappa shape index (κ1) is 14.4. The predicted octanol–water partition coefficient (Wildman–Crippen LogP) is 4.35. The van der Waals surface area contributed by atoms with Gasteiger partial charge in [0.05, 0.1) is 11.4 Å². The van der Waals surface area contributed by atoms with E-state index in [1.165, 1.54) is 5.69 Å². The first-order chi connectivity index (χ1) is 8.50. The SMILES string of the molecule is Cc1ccc(N2CC(C)(C)C(C)(C)C2(C)C)c(C)n1. The van der Waals surface area contributed by atoms with Crippen molar-refractivity contribution in [3.8, 4) is 0 Å². The Morgan fingerprint density at radius 1 is 1.00 bits per heavy atom. The molecule has 0 amide bonds. The van der Waals surface area contributed by atoms with E-state index in [-0.39, 0.29) is 16.4 Å². The van der Waals surface area contributed by atoms with Crippen LogP contribution < -0.4 is 4.90 Å². The molecule has 0 N–H and O–H groups in total. The molecule has 0 spiro atoms. The third-order valence-electron chi connectivity index (χ3n) is 5.94. The Kier molecular flexibility index (Phi) is 3.00. The molecule has 0 bridgehead atoms. The number of anilines is 1. The van der Waals surface area contributed by atoms with Gasteiger partial charge < -0.3 is 4.90 Å². The van der Waals surface area contributed by atoms with Gasteiger partial charge >= 0.3 is 0 Å². The van der Waals surface area contributed by atoms with E-state index in [0.717, 1.165) is 17.9 Å². The third-order valence-corrected chi connectivity index (χ3v) is 5.94. The van der Waals surface area contributed by atoms with Gasteiger partial charge in [0.25, 0.3) is 0 Å². The molecule has 1 aliphatic rings. The van der Waals surface area contributed by atoms with Crippen molar-refractivity contribution in [2.45, 2.75) is 60.9 Å². The van der Waals surface area contributed by atoms with Gasteiger partial charge in [-0.1, -0.05) is 27.7 Å². The van der Waals surface area contributed by atoms with Crippen molar-refractivity contribution >= 4 is 5.69 Å². The van der Waals surface area contributed by atoms with Gasteiger partial charge in [-0.2, -0.15) is 0 Å². The topological polar surface area (TPSA) is 16.1 Å². The monoisotopic (exact) mass is 260 g/mol. The van der Waals surface area contributed by atoms with Crippen molar-refractivity contribution in [1.29, 1.82) is 0 Å². The van der Waals surface area contributed by atoms with Crippen molar-refractivity contribution < 1.29 is 0 Å². The van der Waals surface area contributed by atoms with Crippen molar-refractivity contribution in [1.82, 2.24) is 4.98 Å². The minimum atomic E-state index is 0.123. The number of rotatable bonds is 1. The molecule has 0 aromatic carbocycles. The van der Waals surface area contributed by atoms with Crippen LogP contribution in [0.25, 0.3) is 0 Å². The van der Waals surface area contributed by atoms with E-state index in [4.69, 9.17) is 0 Å². The van der Waals surface area contributed by atoms with E-state index >= 15 is 0 Å². The standard InChI is InChI=1S/C17H28N2/c1-12-9-10-14(13(2)18-12)19-11-15(3,4)16(5,6)17(19,7)8/h9-10H,11H2,1-8H3. The molecule has 0 aliphatic carbocycles. The summed E-state index contributed by atoms with van der Waals surface area (Å²) in [6.45, 7) is 19.5. The Bertz CT molecular complexity index is 498. The molecule has 0 saturated carbocycles. The van der Waals surface area contributed by atoms with Crippen LogP contribution in [-0.4, -0.2) is 17.1 Å². The fourth-order valence-corrected chi connectivity index (χ4v) is 3.31. The van der Waals surface area contributed by atoms with Crippen LogP contribution in [0, 0.1) is 24.7 Å². The van der Waals surface area contributed by atoms with Gasteiger partial charge in [-0.15, -0.1) is 0 Å². The lowest BCUT2D eigenvalue weighted by Crippen LogP contribution is -2.48. The van der Waals surface area contributed by atoms with Gasteiger partial charge in [-0.05, 0) is 50.7 Å². The second-order valence-corrected chi connectivity index (χ2v) is 7.71. The summed E-state index contributed by atoms with van der Waals surface area (Å²) >= 11 is 0. The van der Waals surface area contributed by atoms with E-state index < -0.39 is 0 Å². The highest BCUT2D eigenvalue weighted by Crippen LogP contribution is 2.56. The molecular formula is C17H28N2. The van der Waals surface area contributed by atoms with Crippen LogP contribution in [-0.2, 0) is 0 Å². The molecule has 0 unspecified atom stereocenters. The summed E-state index contributed by atoms with van der Waals surface area (Å²) in [5.74, 6) is 0. The maximum Gasteiger partial charge on any atom is 0.0609 e. The molecule has 2 heteroatoms. The van der Waals surface area contributed by atoms with Crippen molar-refractivity contribution in [2.75, 3.05) is 11.4 Å². The number of hydrogen-bond acceptors (Lipinski definition) is 2. The fraction of sp³-hybridized carbons (Fsp3) is 0.706. The highest BCUT2D eigenvalue weighted by molar-refractivity contribution is 5.55. The van der Waals surface area contributed by atoms with Crippen LogP contribution in [0.4, 0.5) is 5.69 Å². The maximum absolute atomic E-state index is 4.64. The molecule has 2 rings (SSSR count). The van der Waals surface area contributed by atoms with E-state index in [0.29, 0.717) is 0 Å².